The average Bonchev–Trinajstić information content (AvgIpc) is 1.85. The standard InChI is InChI=1S/C6H10O4S.Na.H/c7-5(8)1-3-11-4-2-6(9)10;;/h1-4H2,(H,7,8)(H,9,10);;/q;+1;-1. The van der Waals surface area contributed by atoms with E-state index in [-0.39, 0.29) is 43.8 Å². The number of carbonyl (C=O) groups is 2. The van der Waals surface area contributed by atoms with Crippen molar-refractivity contribution in [3.8, 4) is 0 Å². The Kier molecular flexibility index (Phi) is 11.6. The second kappa shape index (κ2) is 9.38. The number of rotatable bonds is 6. The molecule has 0 rings (SSSR count). The molecule has 66 valence electrons. The zero-order valence-electron chi connectivity index (χ0n) is 7.95. The molecule has 0 radical (unpaired) electrons. The van der Waals surface area contributed by atoms with Crippen LogP contribution in [0.2, 0.25) is 0 Å². The molecule has 0 aromatic rings. The Morgan fingerprint density at radius 3 is 1.67 bits per heavy atom. The van der Waals surface area contributed by atoms with Crippen molar-refractivity contribution in [3.63, 3.8) is 0 Å². The maximum atomic E-state index is 9.97. The van der Waals surface area contributed by atoms with E-state index in [1.165, 1.54) is 11.8 Å². The molecule has 0 bridgehead atoms. The van der Waals surface area contributed by atoms with Crippen LogP contribution >= 0.6 is 11.8 Å². The summed E-state index contributed by atoms with van der Waals surface area (Å²) >= 11 is 1.35. The van der Waals surface area contributed by atoms with Gasteiger partial charge in [-0.3, -0.25) is 9.59 Å². The van der Waals surface area contributed by atoms with Gasteiger partial charge in [0.15, 0.2) is 0 Å². The predicted molar refractivity (Wildman–Crippen MR) is 42.9 cm³/mol. The first-order chi connectivity index (χ1) is 5.13. The van der Waals surface area contributed by atoms with Gasteiger partial charge in [-0.2, -0.15) is 11.8 Å². The monoisotopic (exact) mass is 202 g/mol. The Morgan fingerprint density at radius 2 is 1.42 bits per heavy atom. The fraction of sp³-hybridized carbons (Fsp3) is 0.667. The second-order valence-electron chi connectivity index (χ2n) is 1.90. The van der Waals surface area contributed by atoms with Crippen molar-refractivity contribution < 1.29 is 50.8 Å². The average molecular weight is 202 g/mol. The molecular weight excluding hydrogens is 191 g/mol. The quantitative estimate of drug-likeness (QED) is 0.377. The fourth-order valence-electron chi connectivity index (χ4n) is 0.421. The summed E-state index contributed by atoms with van der Waals surface area (Å²) in [6, 6.07) is 0. The molecule has 0 aromatic heterocycles. The molecule has 0 fully saturated rings. The Balaban J connectivity index is -0.000000500. The summed E-state index contributed by atoms with van der Waals surface area (Å²) in [5.41, 5.74) is 0. The first-order valence-electron chi connectivity index (χ1n) is 3.14. The van der Waals surface area contributed by atoms with Crippen LogP contribution in [-0.2, 0) is 9.59 Å². The van der Waals surface area contributed by atoms with Gasteiger partial charge in [0.05, 0.1) is 12.8 Å². The van der Waals surface area contributed by atoms with Crippen LogP contribution in [0.4, 0.5) is 0 Å². The van der Waals surface area contributed by atoms with Gasteiger partial charge in [0, 0.05) is 11.5 Å². The van der Waals surface area contributed by atoms with Gasteiger partial charge in [0.1, 0.15) is 0 Å². The Bertz CT molecular complexity index is 140. The second-order valence-corrected chi connectivity index (χ2v) is 3.12. The number of carboxylic acid groups (broad SMARTS) is 2. The van der Waals surface area contributed by atoms with Crippen molar-refractivity contribution in [3.05, 3.63) is 0 Å². The van der Waals surface area contributed by atoms with Gasteiger partial charge in [0.2, 0.25) is 0 Å². The van der Waals surface area contributed by atoms with Crippen molar-refractivity contribution in [2.75, 3.05) is 11.5 Å². The molecule has 0 spiro atoms. The number of hydrogen-bond donors (Lipinski definition) is 2. The minimum Gasteiger partial charge on any atom is -1.00 e. The van der Waals surface area contributed by atoms with Crippen molar-refractivity contribution >= 4 is 23.7 Å². The summed E-state index contributed by atoms with van der Waals surface area (Å²) in [5, 5.41) is 16.4. The van der Waals surface area contributed by atoms with Gasteiger partial charge in [-0.1, -0.05) is 0 Å². The van der Waals surface area contributed by atoms with E-state index >= 15 is 0 Å². The Labute approximate surface area is 98.5 Å². The van der Waals surface area contributed by atoms with Crippen LogP contribution in [0.3, 0.4) is 0 Å². The molecular formula is C6H11NaO4S. The number of aliphatic carboxylic acids is 2. The smallest absolute Gasteiger partial charge is 1.00 e. The van der Waals surface area contributed by atoms with Crippen LogP contribution in [-0.4, -0.2) is 33.7 Å². The third kappa shape index (κ3) is 12.9. The van der Waals surface area contributed by atoms with Gasteiger partial charge < -0.3 is 11.6 Å². The molecule has 0 saturated heterocycles. The SMILES string of the molecule is O=C(O)CCSCCC(=O)O.[H-].[Na+]. The summed E-state index contributed by atoms with van der Waals surface area (Å²) in [7, 11) is 0. The molecule has 0 aliphatic carbocycles. The van der Waals surface area contributed by atoms with E-state index in [1.807, 2.05) is 0 Å². The molecule has 0 aliphatic heterocycles. The maximum absolute atomic E-state index is 9.97. The van der Waals surface area contributed by atoms with Gasteiger partial charge in [-0.05, 0) is 0 Å². The molecule has 0 aliphatic rings. The molecule has 2 N–H and O–H groups in total. The summed E-state index contributed by atoms with van der Waals surface area (Å²) in [6.45, 7) is 0. The number of hydrogen-bond acceptors (Lipinski definition) is 3. The molecule has 0 unspecified atom stereocenters. The van der Waals surface area contributed by atoms with Crippen LogP contribution in [0, 0.1) is 0 Å². The van der Waals surface area contributed by atoms with Crippen molar-refractivity contribution in [1.82, 2.24) is 0 Å². The van der Waals surface area contributed by atoms with Crippen LogP contribution in [0.1, 0.15) is 14.3 Å². The van der Waals surface area contributed by atoms with Gasteiger partial charge >= 0.3 is 41.5 Å². The van der Waals surface area contributed by atoms with E-state index in [0.717, 1.165) is 0 Å². The van der Waals surface area contributed by atoms with E-state index in [9.17, 15) is 9.59 Å². The fourth-order valence-corrected chi connectivity index (χ4v) is 1.26. The van der Waals surface area contributed by atoms with Crippen molar-refractivity contribution in [2.45, 2.75) is 12.8 Å². The molecule has 0 aromatic carbocycles. The first kappa shape index (κ1) is 14.8. The summed E-state index contributed by atoms with van der Waals surface area (Å²) in [4.78, 5) is 19.9. The van der Waals surface area contributed by atoms with E-state index < -0.39 is 11.9 Å². The normalized spacial score (nSPS) is 8.67. The zero-order chi connectivity index (χ0) is 8.69. The van der Waals surface area contributed by atoms with E-state index in [0.29, 0.717) is 11.5 Å². The molecule has 0 saturated carbocycles. The van der Waals surface area contributed by atoms with Crippen LogP contribution in [0.15, 0.2) is 0 Å². The van der Waals surface area contributed by atoms with Crippen LogP contribution < -0.4 is 29.6 Å². The number of carboxylic acids is 2. The zero-order valence-corrected chi connectivity index (χ0v) is 9.76. The van der Waals surface area contributed by atoms with E-state index in [2.05, 4.69) is 0 Å². The summed E-state index contributed by atoms with van der Waals surface area (Å²) < 4.78 is 0. The first-order valence-corrected chi connectivity index (χ1v) is 4.29. The molecule has 0 amide bonds. The minimum atomic E-state index is -0.840. The largest absolute Gasteiger partial charge is 1.00 e. The Morgan fingerprint density at radius 1 is 1.08 bits per heavy atom. The topological polar surface area (TPSA) is 74.6 Å². The van der Waals surface area contributed by atoms with Gasteiger partial charge in [-0.15, -0.1) is 0 Å². The predicted octanol–water partition coefficient (Wildman–Crippen LogP) is -2.21. The summed E-state index contributed by atoms with van der Waals surface area (Å²) in [6.07, 6.45) is 0.203. The maximum Gasteiger partial charge on any atom is 1.00 e. The molecule has 4 nitrogen and oxygen atoms in total. The van der Waals surface area contributed by atoms with Crippen molar-refractivity contribution in [1.29, 1.82) is 0 Å². The van der Waals surface area contributed by atoms with E-state index in [1.54, 1.807) is 0 Å². The molecule has 0 atom stereocenters. The van der Waals surface area contributed by atoms with Gasteiger partial charge in [0.25, 0.3) is 0 Å². The third-order valence-electron chi connectivity index (χ3n) is 0.921. The van der Waals surface area contributed by atoms with Gasteiger partial charge in [-0.25, -0.2) is 0 Å². The minimum absolute atomic E-state index is 0. The molecule has 6 heteroatoms. The third-order valence-corrected chi connectivity index (χ3v) is 1.91. The van der Waals surface area contributed by atoms with Crippen LogP contribution in [0.25, 0.3) is 0 Å². The van der Waals surface area contributed by atoms with Crippen molar-refractivity contribution in [2.24, 2.45) is 0 Å². The van der Waals surface area contributed by atoms with E-state index in [4.69, 9.17) is 10.2 Å². The summed E-state index contributed by atoms with van der Waals surface area (Å²) in [5.74, 6) is -0.703. The number of thioether (sulfide) groups is 1. The van der Waals surface area contributed by atoms with Crippen LogP contribution in [0.5, 0.6) is 0 Å². The Hall–Kier alpha value is 0.290. The molecule has 12 heavy (non-hydrogen) atoms. The molecule has 0 heterocycles.